The molecule has 0 heterocycles. The van der Waals surface area contributed by atoms with Gasteiger partial charge in [-0.15, -0.1) is 0 Å². The topological polar surface area (TPSA) is 81.5 Å². The van der Waals surface area contributed by atoms with Crippen LogP contribution in [0.1, 0.15) is 47.0 Å². The lowest BCUT2D eigenvalue weighted by Gasteiger charge is -2.19. The number of hydrogen-bond acceptors (Lipinski definition) is 2. The highest BCUT2D eigenvalue weighted by molar-refractivity contribution is 5.82. The molecule has 100 valence electrons. The first-order valence-corrected chi connectivity index (χ1v) is 6.43. The summed E-state index contributed by atoms with van der Waals surface area (Å²) >= 11 is 0. The molecule has 0 amide bonds. The first-order chi connectivity index (χ1) is 7.84. The van der Waals surface area contributed by atoms with Crippen LogP contribution in [0.3, 0.4) is 0 Å². The Kier molecular flexibility index (Phi) is 7.59. The Hall–Kier alpha value is -1.06. The fourth-order valence-electron chi connectivity index (χ4n) is 1.96. The quantitative estimate of drug-likeness (QED) is 0.387. The molecule has 1 atom stereocenters. The number of carbonyl (C=O) groups is 1. The van der Waals surface area contributed by atoms with Crippen molar-refractivity contribution >= 4 is 11.7 Å². The van der Waals surface area contributed by atoms with Gasteiger partial charge >= 0.3 is 0 Å². The van der Waals surface area contributed by atoms with E-state index in [4.69, 9.17) is 11.5 Å². The Morgan fingerprint density at radius 2 is 1.76 bits per heavy atom. The second-order valence-corrected chi connectivity index (χ2v) is 5.33. The summed E-state index contributed by atoms with van der Waals surface area (Å²) in [4.78, 5) is 16.0. The molecular formula is C13H27N3O. The Bertz CT molecular complexity index is 255. The van der Waals surface area contributed by atoms with Crippen LogP contribution in [0.15, 0.2) is 4.99 Å². The largest absolute Gasteiger partial charge is 0.370 e. The van der Waals surface area contributed by atoms with Crippen molar-refractivity contribution in [3.8, 4) is 0 Å². The number of nitrogens with two attached hydrogens (primary N) is 2. The predicted octanol–water partition coefficient (Wildman–Crippen LogP) is 1.93. The van der Waals surface area contributed by atoms with Gasteiger partial charge in [-0.05, 0) is 25.2 Å². The van der Waals surface area contributed by atoms with Gasteiger partial charge in [-0.2, -0.15) is 0 Å². The highest BCUT2D eigenvalue weighted by Gasteiger charge is 2.21. The molecule has 17 heavy (non-hydrogen) atoms. The zero-order valence-electron chi connectivity index (χ0n) is 11.6. The van der Waals surface area contributed by atoms with Crippen LogP contribution in [0.2, 0.25) is 0 Å². The standard InChI is InChI=1S/C13H27N3O/c1-9(2)8-11(12(17)10(3)4)6-5-7-16-13(14)15/h9-11H,5-8H2,1-4H3,(H4,14,15,16). The first kappa shape index (κ1) is 15.9. The van der Waals surface area contributed by atoms with Crippen LogP contribution in [-0.2, 0) is 4.79 Å². The fourth-order valence-corrected chi connectivity index (χ4v) is 1.96. The molecule has 0 aromatic rings. The average Bonchev–Trinajstić information content (AvgIpc) is 2.20. The fraction of sp³-hybridized carbons (Fsp3) is 0.846. The molecular weight excluding hydrogens is 214 g/mol. The zero-order valence-corrected chi connectivity index (χ0v) is 11.6. The van der Waals surface area contributed by atoms with Gasteiger partial charge in [-0.1, -0.05) is 27.7 Å². The third-order valence-corrected chi connectivity index (χ3v) is 2.73. The van der Waals surface area contributed by atoms with E-state index in [0.717, 1.165) is 19.3 Å². The maximum Gasteiger partial charge on any atom is 0.185 e. The van der Waals surface area contributed by atoms with Crippen LogP contribution in [0.4, 0.5) is 0 Å². The molecule has 0 spiro atoms. The summed E-state index contributed by atoms with van der Waals surface area (Å²) in [5, 5.41) is 0. The molecule has 0 aromatic heterocycles. The summed E-state index contributed by atoms with van der Waals surface area (Å²) in [6, 6.07) is 0. The lowest BCUT2D eigenvalue weighted by molar-refractivity contribution is -0.126. The van der Waals surface area contributed by atoms with Crippen LogP contribution < -0.4 is 11.5 Å². The van der Waals surface area contributed by atoms with Crippen LogP contribution in [0, 0.1) is 17.8 Å². The van der Waals surface area contributed by atoms with Crippen molar-refractivity contribution in [2.24, 2.45) is 34.2 Å². The van der Waals surface area contributed by atoms with Gasteiger partial charge in [0.2, 0.25) is 0 Å². The van der Waals surface area contributed by atoms with Crippen molar-refractivity contribution in [2.45, 2.75) is 47.0 Å². The van der Waals surface area contributed by atoms with Crippen molar-refractivity contribution in [3.63, 3.8) is 0 Å². The number of Topliss-reactive ketones (excluding diaryl/α,β-unsaturated/α-hetero) is 1. The Morgan fingerprint density at radius 1 is 1.18 bits per heavy atom. The first-order valence-electron chi connectivity index (χ1n) is 6.43. The minimum absolute atomic E-state index is 0.113. The second-order valence-electron chi connectivity index (χ2n) is 5.33. The molecule has 4 N–H and O–H groups in total. The van der Waals surface area contributed by atoms with Gasteiger partial charge in [-0.3, -0.25) is 9.79 Å². The molecule has 1 unspecified atom stereocenters. The monoisotopic (exact) mass is 241 g/mol. The van der Waals surface area contributed by atoms with E-state index in [9.17, 15) is 4.79 Å². The van der Waals surface area contributed by atoms with Gasteiger partial charge in [0.15, 0.2) is 5.96 Å². The normalized spacial score (nSPS) is 12.8. The highest BCUT2D eigenvalue weighted by Crippen LogP contribution is 2.21. The number of ketones is 1. The Labute approximate surface area is 105 Å². The van der Waals surface area contributed by atoms with E-state index in [2.05, 4.69) is 18.8 Å². The van der Waals surface area contributed by atoms with E-state index in [0.29, 0.717) is 18.2 Å². The summed E-state index contributed by atoms with van der Waals surface area (Å²) < 4.78 is 0. The van der Waals surface area contributed by atoms with Gasteiger partial charge in [0.05, 0.1) is 0 Å². The summed E-state index contributed by atoms with van der Waals surface area (Å²) in [6.45, 7) is 8.84. The molecule has 0 aliphatic carbocycles. The molecule has 4 heteroatoms. The molecule has 0 bridgehead atoms. The Balaban J connectivity index is 4.20. The zero-order chi connectivity index (χ0) is 13.4. The van der Waals surface area contributed by atoms with E-state index in [1.54, 1.807) is 0 Å². The molecule has 4 nitrogen and oxygen atoms in total. The maximum atomic E-state index is 12.0. The van der Waals surface area contributed by atoms with Crippen LogP contribution in [0.5, 0.6) is 0 Å². The number of hydrogen-bond donors (Lipinski definition) is 2. The van der Waals surface area contributed by atoms with E-state index in [1.807, 2.05) is 13.8 Å². The smallest absolute Gasteiger partial charge is 0.185 e. The van der Waals surface area contributed by atoms with Gasteiger partial charge in [-0.25, -0.2) is 0 Å². The Morgan fingerprint density at radius 3 is 2.18 bits per heavy atom. The van der Waals surface area contributed by atoms with Crippen LogP contribution in [0.25, 0.3) is 0 Å². The van der Waals surface area contributed by atoms with Crippen molar-refractivity contribution in [2.75, 3.05) is 6.54 Å². The molecule has 0 saturated carbocycles. The van der Waals surface area contributed by atoms with E-state index in [-0.39, 0.29) is 17.8 Å². The number of aliphatic imine (C=N–C) groups is 1. The number of guanidine groups is 1. The van der Waals surface area contributed by atoms with Crippen molar-refractivity contribution in [1.29, 1.82) is 0 Å². The molecule has 0 aliphatic heterocycles. The van der Waals surface area contributed by atoms with Crippen LogP contribution in [-0.4, -0.2) is 18.3 Å². The van der Waals surface area contributed by atoms with Gasteiger partial charge in [0, 0.05) is 18.4 Å². The van der Waals surface area contributed by atoms with Crippen molar-refractivity contribution < 1.29 is 4.79 Å². The van der Waals surface area contributed by atoms with E-state index >= 15 is 0 Å². The lowest BCUT2D eigenvalue weighted by Crippen LogP contribution is -2.24. The minimum atomic E-state index is 0.113. The lowest BCUT2D eigenvalue weighted by atomic mass is 9.85. The summed E-state index contributed by atoms with van der Waals surface area (Å²) in [6.07, 6.45) is 2.71. The van der Waals surface area contributed by atoms with Crippen molar-refractivity contribution in [3.05, 3.63) is 0 Å². The van der Waals surface area contributed by atoms with Gasteiger partial charge < -0.3 is 11.5 Å². The average molecular weight is 241 g/mol. The van der Waals surface area contributed by atoms with E-state index < -0.39 is 0 Å². The number of nitrogens with zero attached hydrogens (tertiary/aromatic N) is 1. The summed E-state index contributed by atoms with van der Waals surface area (Å²) in [7, 11) is 0. The number of carbonyl (C=O) groups excluding carboxylic acids is 1. The van der Waals surface area contributed by atoms with Gasteiger partial charge in [0.25, 0.3) is 0 Å². The molecule has 0 rings (SSSR count). The molecule has 0 saturated heterocycles. The van der Waals surface area contributed by atoms with Crippen molar-refractivity contribution in [1.82, 2.24) is 0 Å². The molecule has 0 aromatic carbocycles. The third kappa shape index (κ3) is 7.77. The second kappa shape index (κ2) is 8.09. The molecule has 0 radical (unpaired) electrons. The van der Waals surface area contributed by atoms with Gasteiger partial charge in [0.1, 0.15) is 5.78 Å². The third-order valence-electron chi connectivity index (χ3n) is 2.73. The predicted molar refractivity (Wildman–Crippen MR) is 72.7 cm³/mol. The number of rotatable bonds is 8. The minimum Gasteiger partial charge on any atom is -0.370 e. The highest BCUT2D eigenvalue weighted by atomic mass is 16.1. The SMILES string of the molecule is CC(C)CC(CCCN=C(N)N)C(=O)C(C)C. The van der Waals surface area contributed by atoms with Crippen LogP contribution >= 0.6 is 0 Å². The summed E-state index contributed by atoms with van der Waals surface area (Å²) in [5.74, 6) is 1.31. The van der Waals surface area contributed by atoms with E-state index in [1.165, 1.54) is 0 Å². The maximum absolute atomic E-state index is 12.0. The molecule has 0 aliphatic rings. The summed E-state index contributed by atoms with van der Waals surface area (Å²) in [5.41, 5.74) is 10.5. The molecule has 0 fully saturated rings.